The third-order valence-corrected chi connectivity index (χ3v) is 4.76. The summed E-state index contributed by atoms with van der Waals surface area (Å²) in [6.07, 6.45) is 0. The molecule has 0 aliphatic carbocycles. The number of para-hydroxylation sites is 1. The van der Waals surface area contributed by atoms with Crippen molar-refractivity contribution < 1.29 is 0 Å². The molecule has 0 aromatic heterocycles. The number of thioether (sulfide) groups is 1. The van der Waals surface area contributed by atoms with Crippen molar-refractivity contribution in [3.8, 4) is 0 Å². The first-order valence-corrected chi connectivity index (χ1v) is 7.56. The van der Waals surface area contributed by atoms with Crippen LogP contribution in [0.15, 0.2) is 65.6 Å². The molecule has 0 N–H and O–H groups in total. The Morgan fingerprint density at radius 2 is 1.37 bits per heavy atom. The number of rotatable bonds is 5. The fourth-order valence-electron chi connectivity index (χ4n) is 2.11. The van der Waals surface area contributed by atoms with E-state index in [-0.39, 0.29) is 0 Å². The lowest BCUT2D eigenvalue weighted by atomic mass is 10.2. The van der Waals surface area contributed by atoms with E-state index in [1.807, 2.05) is 11.8 Å². The van der Waals surface area contributed by atoms with E-state index in [1.165, 1.54) is 10.6 Å². The summed E-state index contributed by atoms with van der Waals surface area (Å²) in [7, 11) is 2.18. The van der Waals surface area contributed by atoms with Gasteiger partial charge in [-0.05, 0) is 30.2 Å². The van der Waals surface area contributed by atoms with Crippen LogP contribution in [0.2, 0.25) is 0 Å². The van der Waals surface area contributed by atoms with Crippen LogP contribution in [0.3, 0.4) is 0 Å². The maximum Gasteiger partial charge on any atom is 0.0816 e. The van der Waals surface area contributed by atoms with E-state index >= 15 is 0 Å². The standard InChI is InChI=1S/C17H21NS/c1-14(2)17(19-16-12-8-5-9-13-16)18(3)15-10-6-4-7-11-15/h4-14,17H,1-3H3. The van der Waals surface area contributed by atoms with Gasteiger partial charge in [-0.3, -0.25) is 0 Å². The quantitative estimate of drug-likeness (QED) is 0.562. The van der Waals surface area contributed by atoms with Gasteiger partial charge in [0.15, 0.2) is 0 Å². The lowest BCUT2D eigenvalue weighted by molar-refractivity contribution is 0.598. The molecule has 0 heterocycles. The largest absolute Gasteiger partial charge is 0.362 e. The molecule has 0 saturated heterocycles. The van der Waals surface area contributed by atoms with Gasteiger partial charge in [0.25, 0.3) is 0 Å². The average Bonchev–Trinajstić information content (AvgIpc) is 2.46. The Labute approximate surface area is 120 Å². The molecule has 2 aromatic rings. The first-order valence-electron chi connectivity index (χ1n) is 6.68. The summed E-state index contributed by atoms with van der Waals surface area (Å²) in [5, 5.41) is 0.435. The zero-order valence-corrected chi connectivity index (χ0v) is 12.6. The van der Waals surface area contributed by atoms with Crippen LogP contribution >= 0.6 is 11.8 Å². The predicted octanol–water partition coefficient (Wildman–Crippen LogP) is 4.90. The van der Waals surface area contributed by atoms with E-state index in [0.717, 1.165) is 0 Å². The van der Waals surface area contributed by atoms with E-state index < -0.39 is 0 Å². The SMILES string of the molecule is CC(C)C(Sc1ccccc1)N(C)c1ccccc1. The van der Waals surface area contributed by atoms with Crippen LogP contribution in [0.25, 0.3) is 0 Å². The van der Waals surface area contributed by atoms with Crippen molar-refractivity contribution in [1.82, 2.24) is 0 Å². The van der Waals surface area contributed by atoms with Gasteiger partial charge in [0.2, 0.25) is 0 Å². The van der Waals surface area contributed by atoms with Gasteiger partial charge < -0.3 is 4.90 Å². The molecule has 1 atom stereocenters. The Balaban J connectivity index is 2.17. The van der Waals surface area contributed by atoms with Gasteiger partial charge in [0.05, 0.1) is 5.37 Å². The van der Waals surface area contributed by atoms with Crippen LogP contribution in [0.5, 0.6) is 0 Å². The molecule has 2 heteroatoms. The Bertz CT molecular complexity index is 481. The lowest BCUT2D eigenvalue weighted by Crippen LogP contribution is -2.33. The number of anilines is 1. The average molecular weight is 271 g/mol. The first kappa shape index (κ1) is 14.0. The van der Waals surface area contributed by atoms with Crippen LogP contribution in [0, 0.1) is 5.92 Å². The number of hydrogen-bond donors (Lipinski definition) is 0. The Kier molecular flexibility index (Phi) is 4.92. The van der Waals surface area contributed by atoms with Gasteiger partial charge in [-0.25, -0.2) is 0 Å². The van der Waals surface area contributed by atoms with Gasteiger partial charge in [-0.15, -0.1) is 11.8 Å². The predicted molar refractivity (Wildman–Crippen MR) is 85.8 cm³/mol. The van der Waals surface area contributed by atoms with Crippen molar-refractivity contribution in [2.45, 2.75) is 24.1 Å². The second-order valence-corrected chi connectivity index (χ2v) is 6.20. The Morgan fingerprint density at radius 1 is 0.842 bits per heavy atom. The summed E-state index contributed by atoms with van der Waals surface area (Å²) in [5.41, 5.74) is 1.27. The highest BCUT2D eigenvalue weighted by Gasteiger charge is 2.20. The van der Waals surface area contributed by atoms with E-state index in [1.54, 1.807) is 0 Å². The maximum atomic E-state index is 2.36. The van der Waals surface area contributed by atoms with Crippen LogP contribution in [0.4, 0.5) is 5.69 Å². The molecule has 19 heavy (non-hydrogen) atoms. The summed E-state index contributed by atoms with van der Waals surface area (Å²) in [5.74, 6) is 0.579. The number of hydrogen-bond acceptors (Lipinski definition) is 2. The second-order valence-electron chi connectivity index (χ2n) is 5.01. The van der Waals surface area contributed by atoms with Gasteiger partial charge in [0, 0.05) is 17.6 Å². The van der Waals surface area contributed by atoms with Gasteiger partial charge in [-0.2, -0.15) is 0 Å². The smallest absolute Gasteiger partial charge is 0.0816 e. The summed E-state index contributed by atoms with van der Waals surface area (Å²) in [6.45, 7) is 4.56. The highest BCUT2D eigenvalue weighted by Crippen LogP contribution is 2.32. The van der Waals surface area contributed by atoms with Crippen molar-refractivity contribution in [3.63, 3.8) is 0 Å². The van der Waals surface area contributed by atoms with E-state index in [2.05, 4.69) is 86.5 Å². The van der Waals surface area contributed by atoms with Gasteiger partial charge in [0.1, 0.15) is 0 Å². The third-order valence-electron chi connectivity index (χ3n) is 3.12. The summed E-state index contributed by atoms with van der Waals surface area (Å²) < 4.78 is 0. The molecule has 0 bridgehead atoms. The molecule has 2 rings (SSSR count). The van der Waals surface area contributed by atoms with Crippen molar-refractivity contribution in [3.05, 3.63) is 60.7 Å². The Morgan fingerprint density at radius 3 is 1.89 bits per heavy atom. The maximum absolute atomic E-state index is 2.36. The minimum Gasteiger partial charge on any atom is -0.362 e. The van der Waals surface area contributed by atoms with Crippen LogP contribution in [-0.2, 0) is 0 Å². The third kappa shape index (κ3) is 3.77. The molecular formula is C17H21NS. The molecule has 0 aliphatic rings. The molecule has 1 unspecified atom stereocenters. The minimum absolute atomic E-state index is 0.435. The van der Waals surface area contributed by atoms with E-state index in [4.69, 9.17) is 0 Å². The summed E-state index contributed by atoms with van der Waals surface area (Å²) >= 11 is 1.93. The van der Waals surface area contributed by atoms with Crippen molar-refractivity contribution in [2.75, 3.05) is 11.9 Å². The van der Waals surface area contributed by atoms with Gasteiger partial charge >= 0.3 is 0 Å². The molecule has 0 saturated carbocycles. The minimum atomic E-state index is 0.435. The fourth-order valence-corrected chi connectivity index (χ4v) is 3.26. The topological polar surface area (TPSA) is 3.24 Å². The Hall–Kier alpha value is -1.41. The van der Waals surface area contributed by atoms with E-state index in [0.29, 0.717) is 11.3 Å². The first-order chi connectivity index (χ1) is 9.18. The molecule has 100 valence electrons. The van der Waals surface area contributed by atoms with Crippen LogP contribution < -0.4 is 4.90 Å². The molecule has 1 nitrogen and oxygen atoms in total. The lowest BCUT2D eigenvalue weighted by Gasteiger charge is -2.32. The van der Waals surface area contributed by atoms with Gasteiger partial charge in [-0.1, -0.05) is 50.2 Å². The monoisotopic (exact) mass is 271 g/mol. The zero-order chi connectivity index (χ0) is 13.7. The molecule has 0 fully saturated rings. The molecule has 0 aliphatic heterocycles. The molecule has 0 radical (unpaired) electrons. The van der Waals surface area contributed by atoms with Crippen LogP contribution in [-0.4, -0.2) is 12.4 Å². The highest BCUT2D eigenvalue weighted by molar-refractivity contribution is 8.00. The molecule has 0 amide bonds. The zero-order valence-electron chi connectivity index (χ0n) is 11.8. The van der Waals surface area contributed by atoms with Crippen molar-refractivity contribution in [2.24, 2.45) is 5.92 Å². The normalized spacial score (nSPS) is 12.4. The summed E-state index contributed by atoms with van der Waals surface area (Å²) in [4.78, 5) is 3.69. The number of nitrogens with zero attached hydrogens (tertiary/aromatic N) is 1. The summed E-state index contributed by atoms with van der Waals surface area (Å²) in [6, 6.07) is 21.2. The van der Waals surface area contributed by atoms with E-state index in [9.17, 15) is 0 Å². The molecule has 0 spiro atoms. The molecule has 2 aromatic carbocycles. The van der Waals surface area contributed by atoms with Crippen molar-refractivity contribution in [1.29, 1.82) is 0 Å². The number of benzene rings is 2. The highest BCUT2D eigenvalue weighted by atomic mass is 32.2. The molecular weight excluding hydrogens is 250 g/mol. The van der Waals surface area contributed by atoms with Crippen LogP contribution in [0.1, 0.15) is 13.8 Å². The fraction of sp³-hybridized carbons (Fsp3) is 0.294. The van der Waals surface area contributed by atoms with Crippen molar-refractivity contribution >= 4 is 17.4 Å². The second kappa shape index (κ2) is 6.67.